The van der Waals surface area contributed by atoms with Crippen LogP contribution in [0.5, 0.6) is 5.75 Å². The second-order valence-electron chi connectivity index (χ2n) is 13.5. The topological polar surface area (TPSA) is 15.7 Å². The van der Waals surface area contributed by atoms with Gasteiger partial charge in [-0.05, 0) is 93.5 Å². The van der Waals surface area contributed by atoms with Crippen LogP contribution >= 0.6 is 23.0 Å². The fourth-order valence-electron chi connectivity index (χ4n) is 8.82. The maximum atomic E-state index is 6.49. The zero-order valence-electron chi connectivity index (χ0n) is 30.7. The van der Waals surface area contributed by atoms with E-state index in [9.17, 15) is 0 Å². The largest absolute Gasteiger partial charge is 0.423 e. The highest BCUT2D eigenvalue weighted by Gasteiger charge is 2.52. The van der Waals surface area contributed by atoms with Crippen molar-refractivity contribution in [3.05, 3.63) is 222 Å². The Morgan fingerprint density at radius 3 is 1.24 bits per heavy atom. The third-order valence-corrected chi connectivity index (χ3v) is 11.3. The van der Waals surface area contributed by atoms with E-state index in [1.165, 1.54) is 44.5 Å². The summed E-state index contributed by atoms with van der Waals surface area (Å²) >= 11 is 2.06. The summed E-state index contributed by atoms with van der Waals surface area (Å²) < 4.78 is 6.49. The number of halogens is 1. The number of nitrogens with zero attached hydrogens (tertiary/aromatic N) is 2. The fourth-order valence-corrected chi connectivity index (χ4v) is 9.27. The summed E-state index contributed by atoms with van der Waals surface area (Å²) in [5, 5.41) is 0. The van der Waals surface area contributed by atoms with Crippen molar-refractivity contribution >= 4 is 57.1 Å². The Kier molecular flexibility index (Phi) is 9.20. The number of hydrogen-bond donors (Lipinski definition) is 0. The van der Waals surface area contributed by atoms with Crippen LogP contribution in [0.15, 0.2) is 200 Å². The van der Waals surface area contributed by atoms with Crippen LogP contribution in [0.4, 0.5) is 34.1 Å². The first-order valence-corrected chi connectivity index (χ1v) is 19.8. The molecule has 3 nitrogen and oxygen atoms in total. The lowest BCUT2D eigenvalue weighted by molar-refractivity contribution is 0.717. The van der Waals surface area contributed by atoms with Gasteiger partial charge in [0, 0.05) is 22.6 Å². The Morgan fingerprint density at radius 1 is 0.364 bits per heavy atom. The summed E-state index contributed by atoms with van der Waals surface area (Å²) in [6.45, 7) is 4.00. The van der Waals surface area contributed by atoms with Crippen molar-refractivity contribution in [2.45, 2.75) is 19.3 Å². The summed E-state index contributed by atoms with van der Waals surface area (Å²) in [4.78, 5) is 4.65. The first-order chi connectivity index (χ1) is 27.3. The van der Waals surface area contributed by atoms with Crippen LogP contribution < -0.4 is 12.9 Å². The molecule has 2 aliphatic rings. The molecule has 0 aliphatic heterocycles. The number of benzene rings is 8. The van der Waals surface area contributed by atoms with E-state index in [1.807, 2.05) is 13.8 Å². The lowest BCUT2D eigenvalue weighted by Gasteiger charge is -2.33. The van der Waals surface area contributed by atoms with Crippen molar-refractivity contribution in [3.8, 4) is 28.0 Å². The lowest BCUT2D eigenvalue weighted by atomic mass is 9.70. The fraction of sp³-hybridized carbons (Fsp3) is 0.0588. The highest BCUT2D eigenvalue weighted by Crippen LogP contribution is 2.65. The normalized spacial score (nSPS) is 12.4. The third kappa shape index (κ3) is 5.38. The quantitative estimate of drug-likeness (QED) is 0.149. The van der Waals surface area contributed by atoms with Crippen molar-refractivity contribution in [1.82, 2.24) is 0 Å². The molecule has 0 fully saturated rings. The summed E-state index contributed by atoms with van der Waals surface area (Å²) in [6, 6.07) is 71.9. The van der Waals surface area contributed by atoms with Gasteiger partial charge in [0.25, 0.3) is 0 Å². The Labute approximate surface area is 337 Å². The highest BCUT2D eigenvalue weighted by atomic mass is 127. The van der Waals surface area contributed by atoms with Gasteiger partial charge >= 0.3 is 0 Å². The molecule has 0 aromatic heterocycles. The van der Waals surface area contributed by atoms with Gasteiger partial charge in [0.2, 0.25) is 0 Å². The molecule has 1 spiro atoms. The van der Waals surface area contributed by atoms with Crippen LogP contribution in [0, 0.1) is 0 Å². The van der Waals surface area contributed by atoms with Crippen molar-refractivity contribution < 1.29 is 3.07 Å². The van der Waals surface area contributed by atoms with Gasteiger partial charge in [-0.2, -0.15) is 0 Å². The predicted molar refractivity (Wildman–Crippen MR) is 238 cm³/mol. The van der Waals surface area contributed by atoms with Crippen molar-refractivity contribution in [2.75, 3.05) is 9.80 Å². The minimum Gasteiger partial charge on any atom is -0.423 e. The van der Waals surface area contributed by atoms with Gasteiger partial charge in [-0.15, -0.1) is 0 Å². The van der Waals surface area contributed by atoms with E-state index in [2.05, 4.69) is 233 Å². The molecule has 2 aliphatic carbocycles. The van der Waals surface area contributed by atoms with Gasteiger partial charge < -0.3 is 12.9 Å². The van der Waals surface area contributed by atoms with E-state index in [-0.39, 0.29) is 0 Å². The number of fused-ring (bicyclic) bond motifs is 10. The first kappa shape index (κ1) is 34.6. The molecule has 55 heavy (non-hydrogen) atoms. The second-order valence-corrected chi connectivity index (χ2v) is 13.9. The summed E-state index contributed by atoms with van der Waals surface area (Å²) in [6.07, 6.45) is 0. The molecule has 10 rings (SSSR count). The zero-order chi connectivity index (χ0) is 37.4. The maximum Gasteiger partial charge on any atom is 0.192 e. The van der Waals surface area contributed by atoms with Gasteiger partial charge in [0.05, 0.1) is 22.5 Å². The molecule has 0 amide bonds. The van der Waals surface area contributed by atoms with Gasteiger partial charge in [-0.1, -0.05) is 159 Å². The second kappa shape index (κ2) is 14.6. The van der Waals surface area contributed by atoms with Crippen LogP contribution in [0.25, 0.3) is 22.3 Å². The Bertz CT molecular complexity index is 2540. The SMILES string of the molecule is CC.IOc1c(N(c2ccccc2)c2ccccc2)cccc1N(c1ccccc1)c1cccc2c1-c1ccccc1C21c2ccccc2-c2ccccc21. The first-order valence-electron chi connectivity index (χ1n) is 18.9. The van der Waals surface area contributed by atoms with Crippen LogP contribution in [0.3, 0.4) is 0 Å². The molecule has 0 atom stereocenters. The third-order valence-electron chi connectivity index (χ3n) is 10.8. The van der Waals surface area contributed by atoms with E-state index in [1.54, 1.807) is 0 Å². The lowest BCUT2D eigenvalue weighted by Crippen LogP contribution is -2.26. The molecule has 0 unspecified atom stereocenters. The van der Waals surface area contributed by atoms with Crippen molar-refractivity contribution in [2.24, 2.45) is 0 Å². The predicted octanol–water partition coefficient (Wildman–Crippen LogP) is 14.7. The van der Waals surface area contributed by atoms with E-state index < -0.39 is 5.41 Å². The average Bonchev–Trinajstić information content (AvgIpc) is 3.74. The van der Waals surface area contributed by atoms with Gasteiger partial charge in [-0.3, -0.25) is 0 Å². The van der Waals surface area contributed by atoms with E-state index in [4.69, 9.17) is 3.07 Å². The summed E-state index contributed by atoms with van der Waals surface area (Å²) in [7, 11) is 0. The smallest absolute Gasteiger partial charge is 0.192 e. The van der Waals surface area contributed by atoms with Gasteiger partial charge in [-0.25, -0.2) is 0 Å². The number of para-hydroxylation sites is 4. The van der Waals surface area contributed by atoms with Crippen molar-refractivity contribution in [3.63, 3.8) is 0 Å². The van der Waals surface area contributed by atoms with Gasteiger partial charge in [0.1, 0.15) is 0 Å². The molecule has 4 heteroatoms. The molecule has 0 radical (unpaired) electrons. The molecule has 8 aromatic rings. The molecule has 0 N–H and O–H groups in total. The number of rotatable bonds is 7. The zero-order valence-corrected chi connectivity index (χ0v) is 32.9. The van der Waals surface area contributed by atoms with Gasteiger partial charge in [0.15, 0.2) is 28.8 Å². The number of anilines is 6. The van der Waals surface area contributed by atoms with E-state index in [0.29, 0.717) is 0 Å². The van der Waals surface area contributed by atoms with E-state index >= 15 is 0 Å². The minimum atomic E-state index is -0.445. The highest BCUT2D eigenvalue weighted by molar-refractivity contribution is 14.1. The molecule has 0 saturated carbocycles. The molecular formula is C51H39IN2O. The molecule has 266 valence electrons. The minimum absolute atomic E-state index is 0.445. The average molecular weight is 823 g/mol. The molecular weight excluding hydrogens is 783 g/mol. The summed E-state index contributed by atoms with van der Waals surface area (Å²) in [5.41, 5.74) is 16.0. The molecule has 0 bridgehead atoms. The molecule has 0 saturated heterocycles. The Morgan fingerprint density at radius 2 is 0.727 bits per heavy atom. The summed E-state index contributed by atoms with van der Waals surface area (Å²) in [5.74, 6) is 0.764. The van der Waals surface area contributed by atoms with Crippen LogP contribution in [-0.4, -0.2) is 0 Å². The maximum absolute atomic E-state index is 6.49. The standard InChI is InChI=1S/C49H33IN2O.C2H6/c50-53-48-45(51(34-18-4-1-5-19-34)35-20-6-2-7-21-35)32-17-33-46(48)52(36-22-8-3-9-23-36)44-31-16-30-43-47(44)39-26-12-15-29-42(39)49(43)40-27-13-10-24-37(40)38-25-11-14-28-41(38)49;1-2/h1-33H;1-2H3. The monoisotopic (exact) mass is 822 g/mol. The van der Waals surface area contributed by atoms with Crippen LogP contribution in [0.2, 0.25) is 0 Å². The van der Waals surface area contributed by atoms with E-state index in [0.717, 1.165) is 39.9 Å². The number of hydrogen-bond acceptors (Lipinski definition) is 3. The van der Waals surface area contributed by atoms with Crippen molar-refractivity contribution in [1.29, 1.82) is 0 Å². The molecule has 8 aromatic carbocycles. The van der Waals surface area contributed by atoms with Crippen LogP contribution in [0.1, 0.15) is 36.1 Å². The molecule has 0 heterocycles. The van der Waals surface area contributed by atoms with Crippen LogP contribution in [-0.2, 0) is 5.41 Å². The Balaban J connectivity index is 0.00000195. The Hall–Kier alpha value is -6.11.